The van der Waals surface area contributed by atoms with E-state index >= 15 is 0 Å². The van der Waals surface area contributed by atoms with Crippen LogP contribution in [-0.2, 0) is 9.53 Å². The summed E-state index contributed by atoms with van der Waals surface area (Å²) in [7, 11) is 0. The van der Waals surface area contributed by atoms with Crippen molar-refractivity contribution >= 4 is 17.9 Å². The Labute approximate surface area is 124 Å². The monoisotopic (exact) mass is 292 g/mol. The normalized spacial score (nSPS) is 9.29. The van der Waals surface area contributed by atoms with Crippen LogP contribution in [-0.4, -0.2) is 23.9 Å². The Bertz CT molecular complexity index is 491. The van der Waals surface area contributed by atoms with Crippen LogP contribution in [0.1, 0.15) is 25.8 Å². The summed E-state index contributed by atoms with van der Waals surface area (Å²) in [5.41, 5.74) is 1.51. The number of isocyanates is 1. The van der Waals surface area contributed by atoms with Gasteiger partial charge in [-0.15, -0.1) is 0 Å². The van der Waals surface area contributed by atoms with Crippen molar-refractivity contribution < 1.29 is 19.4 Å². The standard InChI is InChI=1S/C11H12N2O3.C4H8O/c1-3-16-11(15)13(12-8-14)10-6-4-9(2)5-7-10;1-2-3-4-5/h4-7H,3H2,1-2H3;3-5H,2H2,1H3. The molecular formula is C15H20N2O4. The number of hydrazone groups is 1. The van der Waals surface area contributed by atoms with E-state index in [1.165, 1.54) is 6.08 Å². The van der Waals surface area contributed by atoms with Gasteiger partial charge in [-0.3, -0.25) is 0 Å². The van der Waals surface area contributed by atoms with Gasteiger partial charge < -0.3 is 9.84 Å². The van der Waals surface area contributed by atoms with E-state index in [-0.39, 0.29) is 6.61 Å². The molecule has 21 heavy (non-hydrogen) atoms. The van der Waals surface area contributed by atoms with Crippen LogP contribution in [0.2, 0.25) is 0 Å². The van der Waals surface area contributed by atoms with E-state index in [0.29, 0.717) is 5.69 Å². The van der Waals surface area contributed by atoms with Gasteiger partial charge in [0.1, 0.15) is 0 Å². The maximum atomic E-state index is 11.4. The van der Waals surface area contributed by atoms with Gasteiger partial charge in [-0.1, -0.05) is 35.8 Å². The van der Waals surface area contributed by atoms with Gasteiger partial charge in [0.2, 0.25) is 0 Å². The molecule has 6 heteroatoms. The van der Waals surface area contributed by atoms with Crippen LogP contribution in [0, 0.1) is 6.92 Å². The zero-order valence-corrected chi connectivity index (χ0v) is 12.4. The topological polar surface area (TPSA) is 79.2 Å². The minimum absolute atomic E-state index is 0.218. The highest BCUT2D eigenvalue weighted by molar-refractivity contribution is 5.87. The molecule has 0 spiro atoms. The number of carbonyl (C=O) groups excluding carboxylic acids is 2. The predicted molar refractivity (Wildman–Crippen MR) is 80.9 cm³/mol. The van der Waals surface area contributed by atoms with E-state index in [9.17, 15) is 9.59 Å². The van der Waals surface area contributed by atoms with Gasteiger partial charge in [0.25, 0.3) is 6.08 Å². The fraction of sp³-hybridized carbons (Fsp3) is 0.333. The van der Waals surface area contributed by atoms with Gasteiger partial charge >= 0.3 is 6.09 Å². The third kappa shape index (κ3) is 7.54. The van der Waals surface area contributed by atoms with E-state index in [4.69, 9.17) is 9.84 Å². The number of aryl methyl sites for hydroxylation is 1. The molecule has 0 aliphatic rings. The third-order valence-corrected chi connectivity index (χ3v) is 2.20. The zero-order chi connectivity index (χ0) is 16.1. The molecule has 0 aliphatic carbocycles. The molecule has 1 N–H and O–H groups in total. The molecule has 0 heterocycles. The summed E-state index contributed by atoms with van der Waals surface area (Å²) in [6.45, 7) is 5.78. The van der Waals surface area contributed by atoms with Crippen molar-refractivity contribution in [3.63, 3.8) is 0 Å². The van der Waals surface area contributed by atoms with E-state index in [1.54, 1.807) is 25.1 Å². The Hall–Kier alpha value is -2.59. The summed E-state index contributed by atoms with van der Waals surface area (Å²) in [6, 6.07) is 6.96. The Morgan fingerprint density at radius 3 is 2.38 bits per heavy atom. The number of carbonyl (C=O) groups is 1. The summed E-state index contributed by atoms with van der Waals surface area (Å²) in [4.78, 5) is 21.7. The van der Waals surface area contributed by atoms with E-state index in [2.05, 4.69) is 5.10 Å². The van der Waals surface area contributed by atoms with E-state index in [1.807, 2.05) is 26.0 Å². The predicted octanol–water partition coefficient (Wildman–Crippen LogP) is 3.68. The highest BCUT2D eigenvalue weighted by atomic mass is 16.6. The number of hydrogen-bond acceptors (Lipinski definition) is 5. The van der Waals surface area contributed by atoms with Gasteiger partial charge in [-0.2, -0.15) is 5.01 Å². The van der Waals surface area contributed by atoms with Crippen LogP contribution in [0.3, 0.4) is 0 Å². The first-order valence-electron chi connectivity index (χ1n) is 6.51. The fourth-order valence-corrected chi connectivity index (χ4v) is 1.22. The number of allylic oxidation sites excluding steroid dienone is 1. The van der Waals surface area contributed by atoms with E-state index < -0.39 is 6.09 Å². The summed E-state index contributed by atoms with van der Waals surface area (Å²) >= 11 is 0. The van der Waals surface area contributed by atoms with Crippen molar-refractivity contribution in [2.24, 2.45) is 5.10 Å². The summed E-state index contributed by atoms with van der Waals surface area (Å²) in [6.07, 6.45) is 4.27. The number of hydrogen-bond donors (Lipinski definition) is 1. The molecule has 0 unspecified atom stereocenters. The van der Waals surface area contributed by atoms with Crippen molar-refractivity contribution in [1.82, 2.24) is 0 Å². The minimum atomic E-state index is -0.699. The number of amides is 1. The van der Waals surface area contributed by atoms with Crippen molar-refractivity contribution in [3.05, 3.63) is 42.2 Å². The number of benzene rings is 1. The molecule has 0 saturated heterocycles. The Balaban J connectivity index is 0.000000690. The first-order valence-corrected chi connectivity index (χ1v) is 6.51. The Morgan fingerprint density at radius 2 is 2.00 bits per heavy atom. The fourth-order valence-electron chi connectivity index (χ4n) is 1.22. The lowest BCUT2D eigenvalue weighted by atomic mass is 10.2. The average Bonchev–Trinajstić information content (AvgIpc) is 2.47. The average molecular weight is 292 g/mol. The number of aliphatic hydroxyl groups is 1. The van der Waals surface area contributed by atoms with Crippen LogP contribution in [0.15, 0.2) is 41.7 Å². The quantitative estimate of drug-likeness (QED) is 0.397. The van der Waals surface area contributed by atoms with Crippen LogP contribution in [0.25, 0.3) is 0 Å². The SMILES string of the molecule is CCC=CO.CCOC(=O)N(N=C=O)c1ccc(C)cc1. The van der Waals surface area contributed by atoms with Gasteiger partial charge in [-0.05, 0) is 32.4 Å². The molecule has 0 fully saturated rings. The first kappa shape index (κ1) is 18.4. The van der Waals surface area contributed by atoms with E-state index in [0.717, 1.165) is 23.3 Å². The smallest absolute Gasteiger partial charge is 0.435 e. The molecule has 0 saturated carbocycles. The molecule has 0 aliphatic heterocycles. The number of anilines is 1. The maximum Gasteiger partial charge on any atom is 0.435 e. The lowest BCUT2D eigenvalue weighted by molar-refractivity contribution is 0.160. The van der Waals surface area contributed by atoms with Gasteiger partial charge in [0.05, 0.1) is 18.6 Å². The Kier molecular flexibility index (Phi) is 9.87. The second-order valence-electron chi connectivity index (χ2n) is 3.83. The lowest BCUT2D eigenvalue weighted by Crippen LogP contribution is -2.26. The Morgan fingerprint density at radius 1 is 1.38 bits per heavy atom. The second kappa shape index (κ2) is 11.3. The number of aliphatic hydroxyl groups excluding tert-OH is 1. The van der Waals surface area contributed by atoms with Gasteiger partial charge in [0, 0.05) is 0 Å². The van der Waals surface area contributed by atoms with Gasteiger partial charge in [-0.25, -0.2) is 9.59 Å². The molecule has 0 radical (unpaired) electrons. The van der Waals surface area contributed by atoms with Gasteiger partial charge in [0.15, 0.2) is 0 Å². The summed E-state index contributed by atoms with van der Waals surface area (Å²) in [5, 5.41) is 12.1. The minimum Gasteiger partial charge on any atom is -0.516 e. The maximum absolute atomic E-state index is 11.4. The van der Waals surface area contributed by atoms with Crippen LogP contribution in [0.4, 0.5) is 10.5 Å². The zero-order valence-electron chi connectivity index (χ0n) is 12.4. The van der Waals surface area contributed by atoms with Crippen molar-refractivity contribution in [3.8, 4) is 0 Å². The largest absolute Gasteiger partial charge is 0.516 e. The molecule has 0 bridgehead atoms. The summed E-state index contributed by atoms with van der Waals surface area (Å²) < 4.78 is 4.76. The molecule has 0 atom stereocenters. The highest BCUT2D eigenvalue weighted by Crippen LogP contribution is 2.16. The van der Waals surface area contributed by atoms with Crippen LogP contribution in [0.5, 0.6) is 0 Å². The summed E-state index contributed by atoms with van der Waals surface area (Å²) in [5.74, 6) is 0. The highest BCUT2D eigenvalue weighted by Gasteiger charge is 2.15. The van der Waals surface area contributed by atoms with Crippen LogP contribution >= 0.6 is 0 Å². The third-order valence-electron chi connectivity index (χ3n) is 2.20. The number of nitrogens with zero attached hydrogens (tertiary/aromatic N) is 2. The molecule has 1 rings (SSSR count). The molecule has 1 amide bonds. The van der Waals surface area contributed by atoms with Crippen LogP contribution < -0.4 is 5.01 Å². The molecule has 6 nitrogen and oxygen atoms in total. The van der Waals surface area contributed by atoms with Crippen molar-refractivity contribution in [2.45, 2.75) is 27.2 Å². The molecule has 114 valence electrons. The second-order valence-corrected chi connectivity index (χ2v) is 3.83. The molecule has 1 aromatic carbocycles. The molecular weight excluding hydrogens is 272 g/mol. The van der Waals surface area contributed by atoms with Crippen molar-refractivity contribution in [1.29, 1.82) is 0 Å². The number of rotatable bonds is 4. The lowest BCUT2D eigenvalue weighted by Gasteiger charge is -2.14. The number of ether oxygens (including phenoxy) is 1. The molecule has 0 aromatic heterocycles. The molecule has 1 aromatic rings. The first-order chi connectivity index (χ1) is 10.1. The van der Waals surface area contributed by atoms with Crippen molar-refractivity contribution in [2.75, 3.05) is 11.6 Å².